The third kappa shape index (κ3) is 4.31. The summed E-state index contributed by atoms with van der Waals surface area (Å²) in [5.74, 6) is 0.318. The molecule has 0 unspecified atom stereocenters. The normalized spacial score (nSPS) is 9.71. The van der Waals surface area contributed by atoms with E-state index in [2.05, 4.69) is 20.8 Å². The third-order valence-electron chi connectivity index (χ3n) is 1.97. The molecule has 0 saturated heterocycles. The molecule has 1 aromatic heterocycles. The van der Waals surface area contributed by atoms with Crippen molar-refractivity contribution in [3.8, 4) is 0 Å². The van der Waals surface area contributed by atoms with Gasteiger partial charge in [0.25, 0.3) is 0 Å². The molecule has 0 aliphatic carbocycles. The number of amides is 1. The Bertz CT molecular complexity index is 409. The summed E-state index contributed by atoms with van der Waals surface area (Å²) < 4.78 is 0. The Hall–Kier alpha value is -1.76. The highest BCUT2D eigenvalue weighted by atomic mass is 32.1. The Morgan fingerprint density at radius 1 is 1.59 bits per heavy atom. The van der Waals surface area contributed by atoms with E-state index in [0.717, 1.165) is 6.42 Å². The van der Waals surface area contributed by atoms with E-state index in [9.17, 15) is 4.79 Å². The summed E-state index contributed by atoms with van der Waals surface area (Å²) in [6.45, 7) is 2.76. The molecule has 0 radical (unpaired) electrons. The van der Waals surface area contributed by atoms with Gasteiger partial charge in [0, 0.05) is 6.54 Å². The smallest absolute Gasteiger partial charge is 0.239 e. The van der Waals surface area contributed by atoms with E-state index in [1.54, 1.807) is 6.07 Å². The van der Waals surface area contributed by atoms with Gasteiger partial charge < -0.3 is 16.4 Å². The minimum absolute atomic E-state index is 0.105. The molecule has 1 amide bonds. The summed E-state index contributed by atoms with van der Waals surface area (Å²) in [6.07, 6.45) is 2.39. The van der Waals surface area contributed by atoms with Crippen LogP contribution in [0.3, 0.4) is 0 Å². The molecule has 6 nitrogen and oxygen atoms in total. The maximum atomic E-state index is 11.4. The number of carbonyl (C=O) groups is 1. The number of nitrogens with two attached hydrogens (primary N) is 1. The molecule has 0 aliphatic heterocycles. The highest BCUT2D eigenvalue weighted by Gasteiger charge is 2.07. The van der Waals surface area contributed by atoms with Crippen molar-refractivity contribution in [2.45, 2.75) is 13.3 Å². The number of hydrogen-bond acceptors (Lipinski definition) is 5. The Labute approximate surface area is 105 Å². The van der Waals surface area contributed by atoms with E-state index in [1.807, 2.05) is 6.92 Å². The average molecular weight is 253 g/mol. The fraction of sp³-hybridized carbons (Fsp3) is 0.400. The molecule has 17 heavy (non-hydrogen) atoms. The molecule has 0 saturated carbocycles. The van der Waals surface area contributed by atoms with Gasteiger partial charge in [-0.05, 0) is 12.5 Å². The number of nitrogens with zero attached hydrogens (tertiary/aromatic N) is 2. The number of nitrogens with one attached hydrogen (secondary N) is 2. The Morgan fingerprint density at radius 3 is 3.00 bits per heavy atom. The van der Waals surface area contributed by atoms with Crippen LogP contribution in [0.25, 0.3) is 0 Å². The molecular formula is C10H15N5OS. The van der Waals surface area contributed by atoms with E-state index in [4.69, 9.17) is 18.0 Å². The maximum Gasteiger partial charge on any atom is 0.239 e. The molecule has 0 bridgehead atoms. The first-order valence-electron chi connectivity index (χ1n) is 5.27. The van der Waals surface area contributed by atoms with Crippen molar-refractivity contribution < 1.29 is 4.79 Å². The molecule has 0 aliphatic rings. The lowest BCUT2D eigenvalue weighted by atomic mass is 10.3. The third-order valence-corrected chi connectivity index (χ3v) is 2.19. The molecule has 7 heteroatoms. The Morgan fingerprint density at radius 2 is 2.35 bits per heavy atom. The van der Waals surface area contributed by atoms with Gasteiger partial charge in [0.15, 0.2) is 5.82 Å². The molecule has 1 heterocycles. The van der Waals surface area contributed by atoms with Crippen LogP contribution in [0.4, 0.5) is 5.82 Å². The van der Waals surface area contributed by atoms with E-state index in [-0.39, 0.29) is 17.4 Å². The maximum absolute atomic E-state index is 11.4. The summed E-state index contributed by atoms with van der Waals surface area (Å²) >= 11 is 4.87. The zero-order valence-corrected chi connectivity index (χ0v) is 10.4. The predicted octanol–water partition coefficient (Wildman–Crippen LogP) is 0.0489. The van der Waals surface area contributed by atoms with Crippen molar-refractivity contribution in [1.82, 2.24) is 15.5 Å². The number of aromatic nitrogens is 2. The Balaban J connectivity index is 2.57. The van der Waals surface area contributed by atoms with Crippen molar-refractivity contribution in [3.63, 3.8) is 0 Å². The molecule has 0 fully saturated rings. The first kappa shape index (κ1) is 13.3. The second-order valence-electron chi connectivity index (χ2n) is 3.36. The van der Waals surface area contributed by atoms with Gasteiger partial charge in [-0.3, -0.25) is 4.79 Å². The van der Waals surface area contributed by atoms with E-state index < -0.39 is 0 Å². The number of hydrogen-bond donors (Lipinski definition) is 3. The molecule has 4 N–H and O–H groups in total. The van der Waals surface area contributed by atoms with Crippen molar-refractivity contribution in [3.05, 3.63) is 17.8 Å². The lowest BCUT2D eigenvalue weighted by Crippen LogP contribution is -2.31. The monoisotopic (exact) mass is 253 g/mol. The van der Waals surface area contributed by atoms with Gasteiger partial charge in [0.2, 0.25) is 5.91 Å². The summed E-state index contributed by atoms with van der Waals surface area (Å²) in [4.78, 5) is 11.6. The van der Waals surface area contributed by atoms with Crippen LogP contribution >= 0.6 is 12.2 Å². The van der Waals surface area contributed by atoms with Gasteiger partial charge in [-0.2, -0.15) is 5.10 Å². The van der Waals surface area contributed by atoms with Gasteiger partial charge in [-0.15, -0.1) is 5.10 Å². The van der Waals surface area contributed by atoms with Gasteiger partial charge in [-0.1, -0.05) is 19.1 Å². The SMILES string of the molecule is CCCNC(=O)CNc1nnccc1C(N)=S. The van der Waals surface area contributed by atoms with E-state index >= 15 is 0 Å². The van der Waals surface area contributed by atoms with Crippen LogP contribution in [-0.4, -0.2) is 34.2 Å². The van der Waals surface area contributed by atoms with Crippen molar-refractivity contribution >= 4 is 28.9 Å². The number of carbonyl (C=O) groups excluding carboxylic acids is 1. The number of rotatable bonds is 6. The van der Waals surface area contributed by atoms with Gasteiger partial charge in [0.05, 0.1) is 18.3 Å². The molecular weight excluding hydrogens is 238 g/mol. The second kappa shape index (κ2) is 6.74. The number of thiocarbonyl (C=S) groups is 1. The average Bonchev–Trinajstić information content (AvgIpc) is 2.34. The van der Waals surface area contributed by atoms with Crippen molar-refractivity contribution in [1.29, 1.82) is 0 Å². The summed E-state index contributed by atoms with van der Waals surface area (Å²) in [6, 6.07) is 1.65. The molecule has 1 rings (SSSR count). The standard InChI is InChI=1S/C10H15N5OS/c1-2-4-12-8(16)6-13-10-7(9(11)17)3-5-14-15-10/h3,5H,2,4,6H2,1H3,(H2,11,17)(H,12,16)(H,13,15). The minimum Gasteiger partial charge on any atom is -0.389 e. The topological polar surface area (TPSA) is 92.9 Å². The summed E-state index contributed by atoms with van der Waals surface area (Å²) in [5.41, 5.74) is 6.11. The fourth-order valence-corrected chi connectivity index (χ4v) is 1.32. The van der Waals surface area contributed by atoms with Gasteiger partial charge in [-0.25, -0.2) is 0 Å². The van der Waals surface area contributed by atoms with E-state index in [1.165, 1.54) is 6.20 Å². The van der Waals surface area contributed by atoms with Gasteiger partial charge in [0.1, 0.15) is 4.99 Å². The fourth-order valence-electron chi connectivity index (χ4n) is 1.15. The zero-order valence-electron chi connectivity index (χ0n) is 9.56. The van der Waals surface area contributed by atoms with Crippen LogP contribution in [0.15, 0.2) is 12.3 Å². The summed E-state index contributed by atoms with van der Waals surface area (Å²) in [7, 11) is 0. The van der Waals surface area contributed by atoms with Gasteiger partial charge >= 0.3 is 0 Å². The summed E-state index contributed by atoms with van der Waals surface area (Å²) in [5, 5.41) is 13.1. The highest BCUT2D eigenvalue weighted by molar-refractivity contribution is 7.80. The molecule has 1 aromatic rings. The lowest BCUT2D eigenvalue weighted by molar-refractivity contribution is -0.119. The van der Waals surface area contributed by atoms with Crippen LogP contribution in [0.2, 0.25) is 0 Å². The molecule has 0 aromatic carbocycles. The second-order valence-corrected chi connectivity index (χ2v) is 3.80. The first-order valence-corrected chi connectivity index (χ1v) is 5.68. The lowest BCUT2D eigenvalue weighted by Gasteiger charge is -2.08. The Kier molecular flexibility index (Phi) is 5.28. The zero-order chi connectivity index (χ0) is 12.7. The molecule has 0 spiro atoms. The van der Waals surface area contributed by atoms with Crippen LogP contribution in [0.1, 0.15) is 18.9 Å². The van der Waals surface area contributed by atoms with Crippen LogP contribution < -0.4 is 16.4 Å². The predicted molar refractivity (Wildman–Crippen MR) is 69.7 cm³/mol. The molecule has 0 atom stereocenters. The minimum atomic E-state index is -0.105. The van der Waals surface area contributed by atoms with Crippen LogP contribution in [0, 0.1) is 0 Å². The van der Waals surface area contributed by atoms with E-state index in [0.29, 0.717) is 17.9 Å². The van der Waals surface area contributed by atoms with Crippen LogP contribution in [-0.2, 0) is 4.79 Å². The first-order chi connectivity index (χ1) is 8.15. The highest BCUT2D eigenvalue weighted by Crippen LogP contribution is 2.08. The largest absolute Gasteiger partial charge is 0.389 e. The number of anilines is 1. The van der Waals surface area contributed by atoms with Crippen molar-refractivity contribution in [2.24, 2.45) is 5.73 Å². The van der Waals surface area contributed by atoms with Crippen molar-refractivity contribution in [2.75, 3.05) is 18.4 Å². The quantitative estimate of drug-likeness (QED) is 0.620. The van der Waals surface area contributed by atoms with Crippen LogP contribution in [0.5, 0.6) is 0 Å². The molecule has 92 valence electrons.